The molecular formula is C20H25FN4OS. The first-order valence-electron chi connectivity index (χ1n) is 9.75. The molecule has 1 aromatic carbocycles. The number of ketones is 1. The van der Waals surface area contributed by atoms with Gasteiger partial charge in [0.05, 0.1) is 0 Å². The number of piperidine rings is 2. The highest BCUT2D eigenvalue weighted by Crippen LogP contribution is 2.33. The molecule has 2 aliphatic rings. The van der Waals surface area contributed by atoms with E-state index in [0.29, 0.717) is 22.2 Å². The molecule has 2 aromatic rings. The van der Waals surface area contributed by atoms with E-state index in [9.17, 15) is 9.18 Å². The zero-order chi connectivity index (χ0) is 18.8. The molecule has 0 unspecified atom stereocenters. The number of hydrogen-bond donors (Lipinski definition) is 0. The van der Waals surface area contributed by atoms with Crippen LogP contribution in [0.1, 0.15) is 49.4 Å². The number of carbonyl (C=O) groups excluding carboxylic acids is 1. The molecule has 5 nitrogen and oxygen atoms in total. The van der Waals surface area contributed by atoms with Crippen LogP contribution in [0.5, 0.6) is 0 Å². The van der Waals surface area contributed by atoms with Crippen molar-refractivity contribution in [1.29, 1.82) is 0 Å². The first-order valence-corrected chi connectivity index (χ1v) is 10.6. The van der Waals surface area contributed by atoms with E-state index in [-0.39, 0.29) is 11.6 Å². The zero-order valence-corrected chi connectivity index (χ0v) is 16.5. The largest absolute Gasteiger partial charge is 0.347 e. The van der Waals surface area contributed by atoms with Crippen LogP contribution in [0.3, 0.4) is 0 Å². The minimum Gasteiger partial charge on any atom is -0.347 e. The second-order valence-corrected chi connectivity index (χ2v) is 8.41. The van der Waals surface area contributed by atoms with Crippen molar-refractivity contribution in [2.75, 3.05) is 31.1 Å². The quantitative estimate of drug-likeness (QED) is 0.741. The van der Waals surface area contributed by atoms with Gasteiger partial charge in [-0.05, 0) is 63.9 Å². The molecule has 0 radical (unpaired) electrons. The average Bonchev–Trinajstić information content (AvgIpc) is 3.19. The van der Waals surface area contributed by atoms with Crippen molar-refractivity contribution < 1.29 is 9.18 Å². The SMILES string of the molecule is CC(=O)c1ccc(F)c(-c2nnc(N3CCC(N4CCCCC4)CC3)s2)c1. The summed E-state index contributed by atoms with van der Waals surface area (Å²) in [4.78, 5) is 16.5. The third kappa shape index (κ3) is 4.04. The maximum Gasteiger partial charge on any atom is 0.208 e. The molecule has 2 aliphatic heterocycles. The van der Waals surface area contributed by atoms with Gasteiger partial charge in [-0.2, -0.15) is 0 Å². The van der Waals surface area contributed by atoms with Crippen LogP contribution in [0.15, 0.2) is 18.2 Å². The van der Waals surface area contributed by atoms with Gasteiger partial charge in [-0.15, -0.1) is 10.2 Å². The summed E-state index contributed by atoms with van der Waals surface area (Å²) in [7, 11) is 0. The Morgan fingerprint density at radius 2 is 1.85 bits per heavy atom. The lowest BCUT2D eigenvalue weighted by molar-refractivity contribution is 0.101. The summed E-state index contributed by atoms with van der Waals surface area (Å²) < 4.78 is 14.2. The number of benzene rings is 1. The summed E-state index contributed by atoms with van der Waals surface area (Å²) in [6, 6.07) is 5.09. The fourth-order valence-corrected chi connectivity index (χ4v) is 4.98. The Morgan fingerprint density at radius 1 is 1.11 bits per heavy atom. The smallest absolute Gasteiger partial charge is 0.208 e. The van der Waals surface area contributed by atoms with Crippen LogP contribution in [0.2, 0.25) is 0 Å². The number of rotatable bonds is 4. The van der Waals surface area contributed by atoms with Crippen LogP contribution in [0.4, 0.5) is 9.52 Å². The second-order valence-electron chi connectivity index (χ2n) is 7.46. The lowest BCUT2D eigenvalue weighted by Gasteiger charge is -2.40. The fourth-order valence-electron chi connectivity index (χ4n) is 4.07. The van der Waals surface area contributed by atoms with Crippen molar-refractivity contribution in [2.45, 2.75) is 45.1 Å². The Morgan fingerprint density at radius 3 is 2.56 bits per heavy atom. The monoisotopic (exact) mass is 388 g/mol. The van der Waals surface area contributed by atoms with Crippen molar-refractivity contribution >= 4 is 22.3 Å². The van der Waals surface area contributed by atoms with E-state index in [2.05, 4.69) is 20.0 Å². The Kier molecular flexibility index (Phi) is 5.50. The molecule has 144 valence electrons. The first-order chi connectivity index (χ1) is 13.1. The van der Waals surface area contributed by atoms with Gasteiger partial charge in [0.1, 0.15) is 5.82 Å². The van der Waals surface area contributed by atoms with Crippen LogP contribution < -0.4 is 4.90 Å². The Balaban J connectivity index is 1.44. The van der Waals surface area contributed by atoms with Crippen LogP contribution in [-0.2, 0) is 0 Å². The number of likely N-dealkylation sites (tertiary alicyclic amines) is 1. The standard InChI is InChI=1S/C20H25FN4OS/c1-14(26)15-5-6-18(21)17(13-15)19-22-23-20(27-19)25-11-7-16(8-12-25)24-9-3-2-4-10-24/h5-6,13,16H,2-4,7-12H2,1H3. The summed E-state index contributed by atoms with van der Waals surface area (Å²) >= 11 is 1.40. The van der Waals surface area contributed by atoms with Gasteiger partial charge in [0, 0.05) is 30.3 Å². The molecule has 7 heteroatoms. The van der Waals surface area contributed by atoms with Gasteiger partial charge in [0.15, 0.2) is 10.8 Å². The molecule has 4 rings (SSSR count). The maximum absolute atomic E-state index is 14.2. The van der Waals surface area contributed by atoms with E-state index in [0.717, 1.165) is 31.1 Å². The summed E-state index contributed by atoms with van der Waals surface area (Å²) in [5.41, 5.74) is 0.847. The number of Topliss-reactive ketones (excluding diaryl/α,β-unsaturated/α-hetero) is 1. The molecule has 0 atom stereocenters. The van der Waals surface area contributed by atoms with E-state index >= 15 is 0 Å². The van der Waals surface area contributed by atoms with Crippen molar-refractivity contribution in [2.24, 2.45) is 0 Å². The Hall–Kier alpha value is -1.86. The summed E-state index contributed by atoms with van der Waals surface area (Å²) in [5, 5.41) is 9.87. The van der Waals surface area contributed by atoms with Crippen molar-refractivity contribution in [3.05, 3.63) is 29.6 Å². The molecule has 0 N–H and O–H groups in total. The third-order valence-electron chi connectivity index (χ3n) is 5.66. The van der Waals surface area contributed by atoms with Crippen LogP contribution in [-0.4, -0.2) is 53.1 Å². The highest BCUT2D eigenvalue weighted by molar-refractivity contribution is 7.18. The van der Waals surface area contributed by atoms with Gasteiger partial charge in [0.2, 0.25) is 5.13 Å². The number of carbonyl (C=O) groups is 1. The Bertz CT molecular complexity index is 810. The molecular weight excluding hydrogens is 363 g/mol. The maximum atomic E-state index is 14.2. The molecule has 2 saturated heterocycles. The molecule has 0 aliphatic carbocycles. The topological polar surface area (TPSA) is 49.3 Å². The number of halogens is 1. The number of hydrogen-bond acceptors (Lipinski definition) is 6. The minimum absolute atomic E-state index is 0.0826. The van der Waals surface area contributed by atoms with Crippen molar-refractivity contribution in [3.8, 4) is 10.6 Å². The van der Waals surface area contributed by atoms with E-state index < -0.39 is 0 Å². The van der Waals surface area contributed by atoms with Crippen molar-refractivity contribution in [3.63, 3.8) is 0 Å². The van der Waals surface area contributed by atoms with E-state index in [4.69, 9.17) is 0 Å². The second kappa shape index (κ2) is 8.02. The molecule has 2 fully saturated rings. The van der Waals surface area contributed by atoms with Gasteiger partial charge < -0.3 is 9.80 Å². The highest BCUT2D eigenvalue weighted by Gasteiger charge is 2.27. The summed E-state index contributed by atoms with van der Waals surface area (Å²) in [6.45, 7) is 5.88. The zero-order valence-electron chi connectivity index (χ0n) is 15.7. The van der Waals surface area contributed by atoms with E-state index in [1.165, 1.54) is 62.7 Å². The molecule has 0 spiro atoms. The lowest BCUT2D eigenvalue weighted by Crippen LogP contribution is -2.46. The molecule has 0 saturated carbocycles. The van der Waals surface area contributed by atoms with Crippen molar-refractivity contribution in [1.82, 2.24) is 15.1 Å². The minimum atomic E-state index is -0.369. The number of anilines is 1. The molecule has 0 amide bonds. The van der Waals surface area contributed by atoms with Gasteiger partial charge in [-0.25, -0.2) is 4.39 Å². The number of nitrogens with zero attached hydrogens (tertiary/aromatic N) is 4. The van der Waals surface area contributed by atoms with E-state index in [1.807, 2.05) is 0 Å². The average molecular weight is 389 g/mol. The molecule has 27 heavy (non-hydrogen) atoms. The molecule has 0 bridgehead atoms. The Labute approximate surface area is 163 Å². The van der Waals surface area contributed by atoms with Gasteiger partial charge >= 0.3 is 0 Å². The third-order valence-corrected chi connectivity index (χ3v) is 6.68. The predicted molar refractivity (Wildman–Crippen MR) is 106 cm³/mol. The molecule has 1 aromatic heterocycles. The van der Waals surface area contributed by atoms with Crippen LogP contribution in [0.25, 0.3) is 10.6 Å². The van der Waals surface area contributed by atoms with E-state index in [1.54, 1.807) is 6.07 Å². The first kappa shape index (κ1) is 18.5. The summed E-state index contributed by atoms with van der Waals surface area (Å²) in [5.74, 6) is -0.452. The molecule has 3 heterocycles. The van der Waals surface area contributed by atoms with Gasteiger partial charge in [-0.1, -0.05) is 17.8 Å². The van der Waals surface area contributed by atoms with Crippen LogP contribution >= 0.6 is 11.3 Å². The fraction of sp³-hybridized carbons (Fsp3) is 0.550. The lowest BCUT2D eigenvalue weighted by atomic mass is 10.0. The predicted octanol–water partition coefficient (Wildman–Crippen LogP) is 4.00. The summed E-state index contributed by atoms with van der Waals surface area (Å²) in [6.07, 6.45) is 6.30. The normalized spacial score (nSPS) is 19.4. The number of aromatic nitrogens is 2. The highest BCUT2D eigenvalue weighted by atomic mass is 32.1. The van der Waals surface area contributed by atoms with Gasteiger partial charge in [-0.3, -0.25) is 4.79 Å². The van der Waals surface area contributed by atoms with Crippen LogP contribution in [0, 0.1) is 5.82 Å². The van der Waals surface area contributed by atoms with Gasteiger partial charge in [0.25, 0.3) is 0 Å².